The van der Waals surface area contributed by atoms with Gasteiger partial charge in [0.15, 0.2) is 6.10 Å². The molecule has 3 N–H and O–H groups in total. The van der Waals surface area contributed by atoms with E-state index in [1.165, 1.54) is 6.92 Å². The highest BCUT2D eigenvalue weighted by atomic mass is 17.2. The van der Waals surface area contributed by atoms with Crippen molar-refractivity contribution in [2.45, 2.75) is 64.4 Å². The van der Waals surface area contributed by atoms with Gasteiger partial charge in [0.05, 0.1) is 0 Å². The summed E-state index contributed by atoms with van der Waals surface area (Å²) >= 11 is 0. The summed E-state index contributed by atoms with van der Waals surface area (Å²) in [5, 5.41) is 29.1. The van der Waals surface area contributed by atoms with Gasteiger partial charge in [0.2, 0.25) is 5.79 Å². The largest absolute Gasteiger partial charge is 0.441 e. The van der Waals surface area contributed by atoms with E-state index in [0.29, 0.717) is 0 Å². The highest BCUT2D eigenvalue weighted by Gasteiger charge is 2.59. The number of rotatable bonds is 7. The van der Waals surface area contributed by atoms with Gasteiger partial charge >= 0.3 is 17.9 Å². The Morgan fingerprint density at radius 1 is 1.14 bits per heavy atom. The molecule has 0 amide bonds. The van der Waals surface area contributed by atoms with Gasteiger partial charge in [0.1, 0.15) is 0 Å². The van der Waals surface area contributed by atoms with E-state index >= 15 is 0 Å². The zero-order chi connectivity index (χ0) is 17.6. The zero-order valence-corrected chi connectivity index (χ0v) is 13.0. The third kappa shape index (κ3) is 4.65. The van der Waals surface area contributed by atoms with Crippen molar-refractivity contribution in [2.24, 2.45) is 0 Å². The minimum Gasteiger partial charge on any atom is -0.441 e. The summed E-state index contributed by atoms with van der Waals surface area (Å²) in [7, 11) is 0. The lowest BCUT2D eigenvalue weighted by molar-refractivity contribution is -0.315. The number of carbonyl (C=O) groups is 3. The first-order valence-corrected chi connectivity index (χ1v) is 6.79. The molecule has 0 saturated heterocycles. The molecule has 0 aromatic carbocycles. The Hall–Kier alpha value is -1.71. The van der Waals surface area contributed by atoms with Crippen LogP contribution in [-0.2, 0) is 28.9 Å². The fraction of sp³-hybridized carbons (Fsp3) is 0.769. The van der Waals surface area contributed by atoms with Crippen LogP contribution in [0.15, 0.2) is 0 Å². The molecule has 0 aromatic rings. The van der Waals surface area contributed by atoms with E-state index in [9.17, 15) is 24.6 Å². The first-order valence-electron chi connectivity index (χ1n) is 6.79. The second-order valence-electron chi connectivity index (χ2n) is 4.79. The smallest absolute Gasteiger partial charge is 0.404 e. The normalized spacial score (nSPS) is 15.4. The van der Waals surface area contributed by atoms with Crippen LogP contribution in [0.3, 0.4) is 0 Å². The number of hydrogen-bond donors (Lipinski definition) is 3. The summed E-state index contributed by atoms with van der Waals surface area (Å²) in [5.74, 6) is -6.42. The highest BCUT2D eigenvalue weighted by molar-refractivity contribution is 5.84. The maximum atomic E-state index is 12.1. The van der Waals surface area contributed by atoms with Crippen LogP contribution in [0.25, 0.3) is 0 Å². The fourth-order valence-corrected chi connectivity index (χ4v) is 1.80. The SMILES string of the molecule is CCCC(O)(O)C(CC)(OC(C)=O)C(=O)OOC(=O)C(C)O. The molecule has 9 nitrogen and oxygen atoms in total. The van der Waals surface area contributed by atoms with Gasteiger partial charge < -0.3 is 20.1 Å². The number of esters is 1. The molecule has 128 valence electrons. The van der Waals surface area contributed by atoms with Crippen molar-refractivity contribution in [1.29, 1.82) is 0 Å². The Labute approximate surface area is 127 Å². The molecule has 0 aliphatic rings. The van der Waals surface area contributed by atoms with Crippen molar-refractivity contribution in [2.75, 3.05) is 0 Å². The Morgan fingerprint density at radius 2 is 1.68 bits per heavy atom. The second-order valence-corrected chi connectivity index (χ2v) is 4.79. The van der Waals surface area contributed by atoms with Crippen molar-refractivity contribution in [3.05, 3.63) is 0 Å². The molecule has 22 heavy (non-hydrogen) atoms. The van der Waals surface area contributed by atoms with E-state index in [0.717, 1.165) is 13.8 Å². The minimum atomic E-state index is -2.73. The van der Waals surface area contributed by atoms with Crippen molar-refractivity contribution in [3.8, 4) is 0 Å². The molecule has 2 atom stereocenters. The molecular formula is C13H22O9. The number of hydrogen-bond acceptors (Lipinski definition) is 9. The summed E-state index contributed by atoms with van der Waals surface area (Å²) in [6.45, 7) is 5.03. The molecule has 0 spiro atoms. The average Bonchev–Trinajstić information content (AvgIpc) is 2.40. The van der Waals surface area contributed by atoms with Gasteiger partial charge in [-0.05, 0) is 6.92 Å². The molecule has 0 radical (unpaired) electrons. The van der Waals surface area contributed by atoms with Gasteiger partial charge in [-0.2, -0.15) is 0 Å². The van der Waals surface area contributed by atoms with Crippen molar-refractivity contribution >= 4 is 17.9 Å². The van der Waals surface area contributed by atoms with Crippen LogP contribution >= 0.6 is 0 Å². The van der Waals surface area contributed by atoms with Crippen molar-refractivity contribution < 1.29 is 44.2 Å². The number of aliphatic hydroxyl groups excluding tert-OH is 1. The highest BCUT2D eigenvalue weighted by Crippen LogP contribution is 2.33. The maximum Gasteiger partial charge on any atom is 0.404 e. The van der Waals surface area contributed by atoms with Crippen LogP contribution in [0.1, 0.15) is 47.0 Å². The fourth-order valence-electron chi connectivity index (χ4n) is 1.80. The van der Waals surface area contributed by atoms with E-state index in [1.807, 2.05) is 0 Å². The van der Waals surface area contributed by atoms with Crippen molar-refractivity contribution in [1.82, 2.24) is 0 Å². The monoisotopic (exact) mass is 322 g/mol. The first kappa shape index (κ1) is 20.3. The van der Waals surface area contributed by atoms with Gasteiger partial charge in [-0.1, -0.05) is 20.3 Å². The van der Waals surface area contributed by atoms with Crippen LogP contribution in [0.5, 0.6) is 0 Å². The van der Waals surface area contributed by atoms with E-state index in [-0.39, 0.29) is 19.3 Å². The summed E-state index contributed by atoms with van der Waals surface area (Å²) in [6.07, 6.45) is -1.93. The summed E-state index contributed by atoms with van der Waals surface area (Å²) < 4.78 is 4.79. The number of aliphatic hydroxyl groups is 3. The molecule has 0 fully saturated rings. The Bertz CT molecular complexity index is 416. The molecule has 0 aliphatic heterocycles. The van der Waals surface area contributed by atoms with E-state index in [4.69, 9.17) is 9.84 Å². The molecule has 0 aromatic heterocycles. The summed E-state index contributed by atoms with van der Waals surface area (Å²) in [5.41, 5.74) is -2.46. The van der Waals surface area contributed by atoms with Crippen LogP contribution in [0.4, 0.5) is 0 Å². The second kappa shape index (κ2) is 8.06. The van der Waals surface area contributed by atoms with Gasteiger partial charge in [-0.3, -0.25) is 4.79 Å². The minimum absolute atomic E-state index is 0.261. The third-order valence-corrected chi connectivity index (χ3v) is 2.93. The molecule has 0 saturated carbocycles. The Morgan fingerprint density at radius 3 is 2.05 bits per heavy atom. The van der Waals surface area contributed by atoms with Gasteiger partial charge in [-0.15, -0.1) is 0 Å². The first-order chi connectivity index (χ1) is 10.0. The topological polar surface area (TPSA) is 140 Å². The molecule has 0 aliphatic carbocycles. The Balaban J connectivity index is 5.42. The van der Waals surface area contributed by atoms with Crippen LogP contribution in [0, 0.1) is 0 Å². The molecule has 2 unspecified atom stereocenters. The number of carbonyl (C=O) groups excluding carboxylic acids is 3. The standard InChI is InChI=1S/C13H22O9/c1-5-7-13(18,19)12(6-2,20-9(4)15)11(17)22-21-10(16)8(3)14/h8,14,18-19H,5-7H2,1-4H3. The molecule has 0 rings (SSSR count). The van der Waals surface area contributed by atoms with Crippen LogP contribution in [0.2, 0.25) is 0 Å². The maximum absolute atomic E-state index is 12.1. The molecule has 9 heteroatoms. The Kier molecular flexibility index (Phi) is 7.44. The van der Waals surface area contributed by atoms with Crippen molar-refractivity contribution in [3.63, 3.8) is 0 Å². The quantitative estimate of drug-likeness (QED) is 0.246. The zero-order valence-electron chi connectivity index (χ0n) is 13.0. The van der Waals surface area contributed by atoms with Crippen LogP contribution < -0.4 is 0 Å². The van der Waals surface area contributed by atoms with E-state index in [2.05, 4.69) is 9.78 Å². The molecular weight excluding hydrogens is 300 g/mol. The van der Waals surface area contributed by atoms with E-state index in [1.54, 1.807) is 6.92 Å². The summed E-state index contributed by atoms with van der Waals surface area (Å²) in [6, 6.07) is 0. The lowest BCUT2D eigenvalue weighted by atomic mass is 9.86. The van der Waals surface area contributed by atoms with E-state index < -0.39 is 35.4 Å². The van der Waals surface area contributed by atoms with Gasteiger partial charge in [0.25, 0.3) is 5.60 Å². The van der Waals surface area contributed by atoms with Gasteiger partial charge in [0, 0.05) is 19.8 Å². The lowest BCUT2D eigenvalue weighted by Crippen LogP contribution is -2.62. The predicted octanol–water partition coefficient (Wildman–Crippen LogP) is -0.439. The average molecular weight is 322 g/mol. The molecule has 0 bridgehead atoms. The van der Waals surface area contributed by atoms with Gasteiger partial charge in [-0.25, -0.2) is 19.4 Å². The molecule has 0 heterocycles. The predicted molar refractivity (Wildman–Crippen MR) is 70.7 cm³/mol. The lowest BCUT2D eigenvalue weighted by Gasteiger charge is -2.38. The summed E-state index contributed by atoms with van der Waals surface area (Å²) in [4.78, 5) is 42.7. The number of ether oxygens (including phenoxy) is 1. The van der Waals surface area contributed by atoms with Crippen LogP contribution in [-0.4, -0.2) is 50.7 Å². The third-order valence-electron chi connectivity index (χ3n) is 2.93.